The zero-order chi connectivity index (χ0) is 19.5. The summed E-state index contributed by atoms with van der Waals surface area (Å²) in [6.45, 7) is 2.31. The van der Waals surface area contributed by atoms with Crippen molar-refractivity contribution in [1.29, 1.82) is 0 Å². The van der Waals surface area contributed by atoms with Gasteiger partial charge in [-0.15, -0.1) is 0 Å². The molecule has 148 valence electrons. The Morgan fingerprint density at radius 1 is 1.25 bits per heavy atom. The molecule has 8 nitrogen and oxygen atoms in total. The summed E-state index contributed by atoms with van der Waals surface area (Å²) in [4.78, 5) is 27.3. The van der Waals surface area contributed by atoms with E-state index in [0.29, 0.717) is 35.9 Å². The van der Waals surface area contributed by atoms with Gasteiger partial charge in [-0.1, -0.05) is 5.16 Å². The number of rotatable bonds is 5. The van der Waals surface area contributed by atoms with Gasteiger partial charge < -0.3 is 24.8 Å². The summed E-state index contributed by atoms with van der Waals surface area (Å²) in [5, 5.41) is 9.87. The Hall–Kier alpha value is -3.03. The first-order valence-corrected chi connectivity index (χ1v) is 9.65. The predicted molar refractivity (Wildman–Crippen MR) is 103 cm³/mol. The van der Waals surface area contributed by atoms with Crippen LogP contribution in [0.3, 0.4) is 0 Å². The first-order chi connectivity index (χ1) is 13.7. The molecular weight excluding hydrogens is 360 g/mol. The summed E-state index contributed by atoms with van der Waals surface area (Å²) < 4.78 is 10.8. The summed E-state index contributed by atoms with van der Waals surface area (Å²) >= 11 is 0. The second-order valence-corrected chi connectivity index (χ2v) is 7.09. The zero-order valence-corrected chi connectivity index (χ0v) is 15.9. The summed E-state index contributed by atoms with van der Waals surface area (Å²) in [5.41, 5.74) is 1.11. The van der Waals surface area contributed by atoms with Crippen molar-refractivity contribution in [2.45, 2.75) is 31.7 Å². The number of hydrogen-bond acceptors (Lipinski definition) is 6. The number of piperidine rings is 1. The number of amides is 2. The molecule has 0 bridgehead atoms. The third-order valence-corrected chi connectivity index (χ3v) is 5.25. The van der Waals surface area contributed by atoms with E-state index in [4.69, 9.17) is 9.26 Å². The van der Waals surface area contributed by atoms with E-state index in [1.165, 1.54) is 0 Å². The van der Waals surface area contributed by atoms with Crippen molar-refractivity contribution in [3.63, 3.8) is 0 Å². The zero-order valence-electron chi connectivity index (χ0n) is 15.9. The van der Waals surface area contributed by atoms with Gasteiger partial charge >= 0.3 is 0 Å². The third-order valence-electron chi connectivity index (χ3n) is 5.25. The SMILES string of the molecule is COc1ccc(-c2onc(N3CCCC3)c2C(=O)NC2CCCNC2=O)cc1. The Bertz CT molecular complexity index is 856. The van der Waals surface area contributed by atoms with Crippen molar-refractivity contribution < 1.29 is 18.8 Å². The highest BCUT2D eigenvalue weighted by atomic mass is 16.5. The predicted octanol–water partition coefficient (Wildman–Crippen LogP) is 1.96. The van der Waals surface area contributed by atoms with Crippen LogP contribution in [-0.2, 0) is 4.79 Å². The van der Waals surface area contributed by atoms with Crippen LogP contribution in [-0.4, -0.2) is 49.8 Å². The first-order valence-electron chi connectivity index (χ1n) is 9.65. The average molecular weight is 384 g/mol. The van der Waals surface area contributed by atoms with Crippen LogP contribution in [0.15, 0.2) is 28.8 Å². The monoisotopic (exact) mass is 384 g/mol. The number of hydrogen-bond donors (Lipinski definition) is 2. The number of aromatic nitrogens is 1. The van der Waals surface area contributed by atoms with Crippen LogP contribution in [0.5, 0.6) is 5.75 Å². The molecule has 1 atom stereocenters. The molecule has 2 aliphatic rings. The molecule has 28 heavy (non-hydrogen) atoms. The Balaban J connectivity index is 1.68. The number of nitrogens with one attached hydrogen (secondary N) is 2. The lowest BCUT2D eigenvalue weighted by atomic mass is 10.0. The van der Waals surface area contributed by atoms with E-state index in [1.54, 1.807) is 7.11 Å². The molecule has 1 aromatic heterocycles. The highest BCUT2D eigenvalue weighted by molar-refractivity contribution is 6.05. The summed E-state index contributed by atoms with van der Waals surface area (Å²) in [7, 11) is 1.60. The fourth-order valence-corrected chi connectivity index (χ4v) is 3.71. The lowest BCUT2D eigenvalue weighted by Crippen LogP contribution is -2.50. The standard InChI is InChI=1S/C20H24N4O4/c1-27-14-8-6-13(7-9-14)17-16(18(23-28-17)24-11-2-3-12-24)20(26)22-15-5-4-10-21-19(15)25/h6-9,15H,2-5,10-12H2,1H3,(H,21,25)(H,22,26). The normalized spacial score (nSPS) is 19.4. The van der Waals surface area contributed by atoms with E-state index in [1.807, 2.05) is 24.3 Å². The van der Waals surface area contributed by atoms with Crippen LogP contribution >= 0.6 is 0 Å². The number of benzene rings is 1. The van der Waals surface area contributed by atoms with Gasteiger partial charge in [0.25, 0.3) is 5.91 Å². The maximum atomic E-state index is 13.2. The Morgan fingerprint density at radius 2 is 2.00 bits per heavy atom. The van der Waals surface area contributed by atoms with Crippen molar-refractivity contribution in [1.82, 2.24) is 15.8 Å². The number of carbonyl (C=O) groups excluding carboxylic acids is 2. The van der Waals surface area contributed by atoms with Gasteiger partial charge in [-0.05, 0) is 49.9 Å². The molecule has 0 radical (unpaired) electrons. The van der Waals surface area contributed by atoms with E-state index in [-0.39, 0.29) is 11.8 Å². The fourth-order valence-electron chi connectivity index (χ4n) is 3.71. The van der Waals surface area contributed by atoms with Crippen molar-refractivity contribution in [3.8, 4) is 17.1 Å². The minimum Gasteiger partial charge on any atom is -0.497 e. The smallest absolute Gasteiger partial charge is 0.259 e. The molecule has 2 fully saturated rings. The van der Waals surface area contributed by atoms with Gasteiger partial charge in [0, 0.05) is 25.2 Å². The average Bonchev–Trinajstić information content (AvgIpc) is 3.39. The van der Waals surface area contributed by atoms with Crippen molar-refractivity contribution in [2.24, 2.45) is 0 Å². The van der Waals surface area contributed by atoms with Gasteiger partial charge in [-0.25, -0.2) is 0 Å². The van der Waals surface area contributed by atoms with E-state index in [9.17, 15) is 9.59 Å². The van der Waals surface area contributed by atoms with Crippen molar-refractivity contribution >= 4 is 17.6 Å². The van der Waals surface area contributed by atoms with Gasteiger partial charge in [-0.3, -0.25) is 9.59 Å². The number of ether oxygens (including phenoxy) is 1. The Labute approximate surface area is 163 Å². The summed E-state index contributed by atoms with van der Waals surface area (Å²) in [6.07, 6.45) is 3.57. The molecule has 0 spiro atoms. The van der Waals surface area contributed by atoms with Gasteiger partial charge in [0.1, 0.15) is 17.4 Å². The number of nitrogens with zero attached hydrogens (tertiary/aromatic N) is 2. The molecule has 0 saturated carbocycles. The first kappa shape index (κ1) is 18.3. The molecule has 4 rings (SSSR count). The largest absolute Gasteiger partial charge is 0.497 e. The number of anilines is 1. The molecule has 1 aromatic carbocycles. The molecule has 2 N–H and O–H groups in total. The molecule has 2 amide bonds. The molecule has 2 saturated heterocycles. The quantitative estimate of drug-likeness (QED) is 0.818. The molecule has 0 aliphatic carbocycles. The molecule has 2 aromatic rings. The molecule has 3 heterocycles. The van der Waals surface area contributed by atoms with Crippen molar-refractivity contribution in [2.75, 3.05) is 31.6 Å². The lowest BCUT2D eigenvalue weighted by Gasteiger charge is -2.23. The number of methoxy groups -OCH3 is 1. The molecule has 2 aliphatic heterocycles. The highest BCUT2D eigenvalue weighted by Crippen LogP contribution is 2.34. The van der Waals surface area contributed by atoms with Gasteiger partial charge in [0.05, 0.1) is 7.11 Å². The fraction of sp³-hybridized carbons (Fsp3) is 0.450. The van der Waals surface area contributed by atoms with E-state index < -0.39 is 6.04 Å². The summed E-state index contributed by atoms with van der Waals surface area (Å²) in [6, 6.07) is 6.74. The summed E-state index contributed by atoms with van der Waals surface area (Å²) in [5.74, 6) is 1.17. The van der Waals surface area contributed by atoms with Crippen LogP contribution in [0, 0.1) is 0 Å². The maximum absolute atomic E-state index is 13.2. The Kier molecular flexibility index (Phi) is 5.18. The molecular formula is C20H24N4O4. The van der Waals surface area contributed by atoms with Crippen LogP contribution in [0.25, 0.3) is 11.3 Å². The van der Waals surface area contributed by atoms with Crippen molar-refractivity contribution in [3.05, 3.63) is 29.8 Å². The van der Waals surface area contributed by atoms with E-state index >= 15 is 0 Å². The number of carbonyl (C=O) groups is 2. The molecule has 1 unspecified atom stereocenters. The third kappa shape index (κ3) is 3.54. The van der Waals surface area contributed by atoms with Crippen LogP contribution < -0.4 is 20.3 Å². The van der Waals surface area contributed by atoms with Crippen LogP contribution in [0.4, 0.5) is 5.82 Å². The van der Waals surface area contributed by atoms with Crippen LogP contribution in [0.2, 0.25) is 0 Å². The highest BCUT2D eigenvalue weighted by Gasteiger charge is 2.32. The second kappa shape index (κ2) is 7.92. The van der Waals surface area contributed by atoms with Gasteiger partial charge in [-0.2, -0.15) is 0 Å². The maximum Gasteiger partial charge on any atom is 0.259 e. The lowest BCUT2D eigenvalue weighted by molar-refractivity contribution is -0.124. The van der Waals surface area contributed by atoms with Gasteiger partial charge in [0.15, 0.2) is 11.6 Å². The minimum atomic E-state index is -0.536. The second-order valence-electron chi connectivity index (χ2n) is 7.09. The van der Waals surface area contributed by atoms with E-state index in [2.05, 4.69) is 20.7 Å². The molecule has 8 heteroatoms. The van der Waals surface area contributed by atoms with Crippen LogP contribution in [0.1, 0.15) is 36.0 Å². The minimum absolute atomic E-state index is 0.148. The van der Waals surface area contributed by atoms with E-state index in [0.717, 1.165) is 37.9 Å². The topological polar surface area (TPSA) is 96.7 Å². The van der Waals surface area contributed by atoms with Gasteiger partial charge in [0.2, 0.25) is 5.91 Å². The Morgan fingerprint density at radius 3 is 2.68 bits per heavy atom.